The lowest BCUT2D eigenvalue weighted by Crippen LogP contribution is -2.38. The quantitative estimate of drug-likeness (QED) is 0.704. The van der Waals surface area contributed by atoms with Crippen LogP contribution in [0.4, 0.5) is 0 Å². The second kappa shape index (κ2) is 9.39. The zero-order valence-corrected chi connectivity index (χ0v) is 17.3. The van der Waals surface area contributed by atoms with Gasteiger partial charge in [0.2, 0.25) is 11.8 Å². The third-order valence-corrected chi connectivity index (χ3v) is 6.80. The minimum Gasteiger partial charge on any atom is -0.465 e. The Morgan fingerprint density at radius 1 is 1.31 bits per heavy atom. The highest BCUT2D eigenvalue weighted by molar-refractivity contribution is 7.09. The average molecular weight is 414 g/mol. The van der Waals surface area contributed by atoms with Crippen molar-refractivity contribution in [2.45, 2.75) is 44.4 Å². The van der Waals surface area contributed by atoms with E-state index in [1.807, 2.05) is 11.0 Å². The molecule has 154 valence electrons. The standard InChI is InChI=1S/C22H27N3O3S/c26-20(9-8-19-7-3-13-28-19)25-12-2-6-17(14-25)22-24-18(15-29-22)10-11-23-21(27)16-4-1-5-16/h3,7-9,13,15-17H,1-2,4-6,10-12,14H2,(H,23,27). The van der Waals surface area contributed by atoms with Gasteiger partial charge in [0, 0.05) is 49.3 Å². The van der Waals surface area contributed by atoms with Gasteiger partial charge < -0.3 is 14.6 Å². The molecule has 3 heterocycles. The highest BCUT2D eigenvalue weighted by Crippen LogP contribution is 2.30. The van der Waals surface area contributed by atoms with Crippen molar-refractivity contribution in [3.05, 3.63) is 46.3 Å². The minimum atomic E-state index is 0.0154. The number of piperidine rings is 1. The molecule has 2 aliphatic rings. The lowest BCUT2D eigenvalue weighted by molar-refractivity contribution is -0.128. The van der Waals surface area contributed by atoms with Crippen molar-refractivity contribution in [2.24, 2.45) is 5.92 Å². The molecule has 1 aliphatic carbocycles. The lowest BCUT2D eigenvalue weighted by Gasteiger charge is -2.31. The Kier molecular flexibility index (Phi) is 6.44. The largest absolute Gasteiger partial charge is 0.465 e. The lowest BCUT2D eigenvalue weighted by atomic mass is 9.85. The van der Waals surface area contributed by atoms with Crippen LogP contribution in [0.25, 0.3) is 6.08 Å². The molecule has 2 aromatic heterocycles. The maximum absolute atomic E-state index is 12.5. The molecule has 2 amide bonds. The summed E-state index contributed by atoms with van der Waals surface area (Å²) in [5.74, 6) is 1.40. The zero-order valence-electron chi connectivity index (χ0n) is 16.5. The number of likely N-dealkylation sites (tertiary alicyclic amines) is 1. The molecule has 2 aromatic rings. The number of hydrogen-bond donors (Lipinski definition) is 1. The molecule has 1 saturated carbocycles. The van der Waals surface area contributed by atoms with E-state index >= 15 is 0 Å². The SMILES string of the molecule is O=C(NCCc1csc(C2CCCN(C(=O)C=Cc3ccco3)C2)n1)C1CCC1. The fraction of sp³-hybridized carbons (Fsp3) is 0.500. The molecule has 1 unspecified atom stereocenters. The van der Waals surface area contributed by atoms with Crippen molar-refractivity contribution in [1.82, 2.24) is 15.2 Å². The molecule has 0 radical (unpaired) electrons. The molecule has 0 spiro atoms. The number of aromatic nitrogens is 1. The van der Waals surface area contributed by atoms with Crippen molar-refractivity contribution in [3.63, 3.8) is 0 Å². The van der Waals surface area contributed by atoms with Crippen LogP contribution in [0.2, 0.25) is 0 Å². The number of hydrogen-bond acceptors (Lipinski definition) is 5. The summed E-state index contributed by atoms with van der Waals surface area (Å²) < 4.78 is 5.24. The topological polar surface area (TPSA) is 75.4 Å². The Balaban J connectivity index is 1.27. The monoisotopic (exact) mass is 413 g/mol. The second-order valence-corrected chi connectivity index (χ2v) is 8.71. The number of thiazole rings is 1. The van der Waals surface area contributed by atoms with Gasteiger partial charge in [0.25, 0.3) is 0 Å². The van der Waals surface area contributed by atoms with Gasteiger partial charge in [-0.25, -0.2) is 4.98 Å². The molecule has 0 aromatic carbocycles. The summed E-state index contributed by atoms with van der Waals surface area (Å²) in [7, 11) is 0. The Morgan fingerprint density at radius 3 is 2.97 bits per heavy atom. The van der Waals surface area contributed by atoms with Gasteiger partial charge in [-0.05, 0) is 43.9 Å². The van der Waals surface area contributed by atoms with E-state index in [0.29, 0.717) is 18.8 Å². The van der Waals surface area contributed by atoms with Crippen LogP contribution in [0, 0.1) is 5.92 Å². The van der Waals surface area contributed by atoms with E-state index in [0.717, 1.165) is 49.4 Å². The van der Waals surface area contributed by atoms with Gasteiger partial charge in [0.05, 0.1) is 17.0 Å². The van der Waals surface area contributed by atoms with E-state index < -0.39 is 0 Å². The van der Waals surface area contributed by atoms with Gasteiger partial charge >= 0.3 is 0 Å². The second-order valence-electron chi connectivity index (χ2n) is 7.82. The molecule has 4 rings (SSSR count). The highest BCUT2D eigenvalue weighted by Gasteiger charge is 2.26. The molecule has 1 atom stereocenters. The van der Waals surface area contributed by atoms with Crippen LogP contribution in [0.3, 0.4) is 0 Å². The molecular weight excluding hydrogens is 386 g/mol. The maximum atomic E-state index is 12.5. The molecule has 29 heavy (non-hydrogen) atoms. The van der Waals surface area contributed by atoms with Crippen LogP contribution in [-0.2, 0) is 16.0 Å². The van der Waals surface area contributed by atoms with Crippen molar-refractivity contribution < 1.29 is 14.0 Å². The van der Waals surface area contributed by atoms with Gasteiger partial charge in [0.15, 0.2) is 0 Å². The molecule has 0 bridgehead atoms. The summed E-state index contributed by atoms with van der Waals surface area (Å²) in [6, 6.07) is 3.63. The van der Waals surface area contributed by atoms with Gasteiger partial charge in [-0.15, -0.1) is 11.3 Å². The van der Waals surface area contributed by atoms with Crippen LogP contribution in [0.15, 0.2) is 34.3 Å². The summed E-state index contributed by atoms with van der Waals surface area (Å²) in [5.41, 5.74) is 1.03. The van der Waals surface area contributed by atoms with E-state index in [2.05, 4.69) is 10.7 Å². The summed E-state index contributed by atoms with van der Waals surface area (Å²) in [6.07, 6.45) is 10.9. The smallest absolute Gasteiger partial charge is 0.246 e. The summed E-state index contributed by atoms with van der Waals surface area (Å²) in [6.45, 7) is 2.13. The van der Waals surface area contributed by atoms with Crippen molar-refractivity contribution in [3.8, 4) is 0 Å². The fourth-order valence-corrected chi connectivity index (χ4v) is 4.76. The summed E-state index contributed by atoms with van der Waals surface area (Å²) in [5, 5.41) is 6.21. The number of furan rings is 1. The Bertz CT molecular complexity index is 855. The van der Waals surface area contributed by atoms with Crippen molar-refractivity contribution >= 4 is 29.2 Å². The normalized spacial score (nSPS) is 20.0. The van der Waals surface area contributed by atoms with Crippen LogP contribution in [-0.4, -0.2) is 41.3 Å². The number of nitrogens with one attached hydrogen (secondary N) is 1. The first-order valence-electron chi connectivity index (χ1n) is 10.4. The molecule has 7 heteroatoms. The summed E-state index contributed by atoms with van der Waals surface area (Å²) in [4.78, 5) is 31.1. The van der Waals surface area contributed by atoms with E-state index in [4.69, 9.17) is 9.40 Å². The van der Waals surface area contributed by atoms with Gasteiger partial charge in [0.1, 0.15) is 5.76 Å². The Labute approximate surface area is 175 Å². The Morgan fingerprint density at radius 2 is 2.21 bits per heavy atom. The van der Waals surface area contributed by atoms with Crippen LogP contribution in [0.1, 0.15) is 54.5 Å². The first-order chi connectivity index (χ1) is 14.2. The predicted molar refractivity (Wildman–Crippen MR) is 112 cm³/mol. The van der Waals surface area contributed by atoms with Crippen LogP contribution in [0.5, 0.6) is 0 Å². The van der Waals surface area contributed by atoms with E-state index in [-0.39, 0.29) is 23.7 Å². The third-order valence-electron chi connectivity index (χ3n) is 5.74. The molecule has 6 nitrogen and oxygen atoms in total. The first kappa shape index (κ1) is 19.9. The molecular formula is C22H27N3O3S. The maximum Gasteiger partial charge on any atom is 0.246 e. The average Bonchev–Trinajstić information content (AvgIpc) is 3.37. The van der Waals surface area contributed by atoms with Gasteiger partial charge in [-0.1, -0.05) is 6.42 Å². The minimum absolute atomic E-state index is 0.0154. The fourth-order valence-electron chi connectivity index (χ4n) is 3.78. The summed E-state index contributed by atoms with van der Waals surface area (Å²) >= 11 is 1.67. The van der Waals surface area contributed by atoms with Crippen molar-refractivity contribution in [2.75, 3.05) is 19.6 Å². The number of rotatable bonds is 7. The van der Waals surface area contributed by atoms with Crippen LogP contribution < -0.4 is 5.32 Å². The zero-order chi connectivity index (χ0) is 20.1. The van der Waals surface area contributed by atoms with Crippen LogP contribution >= 0.6 is 11.3 Å². The number of amides is 2. The first-order valence-corrected chi connectivity index (χ1v) is 11.3. The van der Waals surface area contributed by atoms with Gasteiger partial charge in [-0.2, -0.15) is 0 Å². The number of carbonyl (C=O) groups excluding carboxylic acids is 2. The third kappa shape index (κ3) is 5.15. The molecule has 1 N–H and O–H groups in total. The number of carbonyl (C=O) groups is 2. The highest BCUT2D eigenvalue weighted by atomic mass is 32.1. The predicted octanol–water partition coefficient (Wildman–Crippen LogP) is 3.61. The van der Waals surface area contributed by atoms with Crippen molar-refractivity contribution in [1.29, 1.82) is 0 Å². The van der Waals surface area contributed by atoms with Gasteiger partial charge in [-0.3, -0.25) is 9.59 Å². The molecule has 1 saturated heterocycles. The van der Waals surface area contributed by atoms with E-state index in [1.165, 1.54) is 6.42 Å². The number of nitrogens with zero attached hydrogens (tertiary/aromatic N) is 2. The van der Waals surface area contributed by atoms with E-state index in [9.17, 15) is 9.59 Å². The molecule has 2 fully saturated rings. The van der Waals surface area contributed by atoms with E-state index in [1.54, 1.807) is 35.8 Å². The Hall–Kier alpha value is -2.41. The molecule has 1 aliphatic heterocycles.